The fraction of sp³-hybridized carbons (Fsp3) is 0.500. The van der Waals surface area contributed by atoms with E-state index >= 15 is 0 Å². The molecule has 1 rings (SSSR count). The van der Waals surface area contributed by atoms with Crippen LogP contribution in [0.25, 0.3) is 0 Å². The molecule has 0 amide bonds. The normalized spacial score (nSPS) is 17.8. The van der Waals surface area contributed by atoms with Gasteiger partial charge in [0, 0.05) is 0 Å². The van der Waals surface area contributed by atoms with E-state index in [-0.39, 0.29) is 5.78 Å². The maximum absolute atomic E-state index is 10.7. The van der Waals surface area contributed by atoms with Crippen LogP contribution in [0.1, 0.15) is 25.7 Å². The van der Waals surface area contributed by atoms with Gasteiger partial charge in [-0.05, 0) is 31.3 Å². The molecule has 54 valence electrons. The molecule has 0 aromatic heterocycles. The first-order valence-corrected chi connectivity index (χ1v) is 3.53. The number of ketones is 1. The number of carbonyl (C=O) groups is 2. The highest BCUT2D eigenvalue weighted by atomic mass is 16.2. The van der Waals surface area contributed by atoms with Crippen LogP contribution in [0.15, 0.2) is 11.6 Å². The highest BCUT2D eigenvalue weighted by Gasteiger charge is 2.09. The number of aldehydes is 1. The van der Waals surface area contributed by atoms with E-state index in [0.29, 0.717) is 11.9 Å². The van der Waals surface area contributed by atoms with E-state index in [1.54, 1.807) is 0 Å². The van der Waals surface area contributed by atoms with Gasteiger partial charge in [-0.25, -0.2) is 0 Å². The molecule has 0 heterocycles. The Balaban J connectivity index is 2.61. The monoisotopic (exact) mass is 138 g/mol. The number of rotatable bonds is 2. The maximum Gasteiger partial charge on any atom is 0.221 e. The van der Waals surface area contributed by atoms with Gasteiger partial charge in [0.1, 0.15) is 0 Å². The Kier molecular flexibility index (Phi) is 2.37. The van der Waals surface area contributed by atoms with Crippen molar-refractivity contribution in [2.75, 3.05) is 0 Å². The summed E-state index contributed by atoms with van der Waals surface area (Å²) in [6.45, 7) is 0. The van der Waals surface area contributed by atoms with Crippen LogP contribution in [0.5, 0.6) is 0 Å². The zero-order valence-corrected chi connectivity index (χ0v) is 5.80. The Bertz CT molecular complexity index is 180. The molecular weight excluding hydrogens is 128 g/mol. The molecule has 0 radical (unpaired) electrons. The van der Waals surface area contributed by atoms with Gasteiger partial charge in [-0.3, -0.25) is 9.59 Å². The number of hydrogen-bond donors (Lipinski definition) is 0. The third-order valence-corrected chi connectivity index (χ3v) is 1.71. The average Bonchev–Trinajstić information content (AvgIpc) is 2.05. The van der Waals surface area contributed by atoms with E-state index in [1.165, 1.54) is 0 Å². The molecule has 0 bridgehead atoms. The molecule has 0 N–H and O–H groups in total. The number of allylic oxidation sites excluding steroid dienone is 2. The molecule has 0 saturated carbocycles. The lowest BCUT2D eigenvalue weighted by molar-refractivity contribution is -0.127. The fourth-order valence-corrected chi connectivity index (χ4v) is 1.14. The predicted octanol–water partition coefficient (Wildman–Crippen LogP) is 1.25. The van der Waals surface area contributed by atoms with Gasteiger partial charge in [-0.1, -0.05) is 6.08 Å². The van der Waals surface area contributed by atoms with Gasteiger partial charge in [0.15, 0.2) is 6.29 Å². The van der Waals surface area contributed by atoms with Crippen LogP contribution < -0.4 is 0 Å². The highest BCUT2D eigenvalue weighted by molar-refractivity contribution is 6.33. The Morgan fingerprint density at radius 3 is 2.80 bits per heavy atom. The van der Waals surface area contributed by atoms with Crippen molar-refractivity contribution in [1.82, 2.24) is 0 Å². The molecule has 2 heteroatoms. The highest BCUT2D eigenvalue weighted by Crippen LogP contribution is 2.16. The predicted molar refractivity (Wildman–Crippen MR) is 37.6 cm³/mol. The molecular formula is C8H10O2. The molecule has 0 spiro atoms. The van der Waals surface area contributed by atoms with E-state index in [2.05, 4.69) is 0 Å². The van der Waals surface area contributed by atoms with Gasteiger partial charge in [0.2, 0.25) is 5.78 Å². The van der Waals surface area contributed by atoms with Crippen molar-refractivity contribution in [3.8, 4) is 0 Å². The number of hydrogen-bond acceptors (Lipinski definition) is 2. The molecule has 1 aliphatic rings. The standard InChI is InChI=1S/C8H10O2/c9-6-8(10)7-4-2-1-3-5-7/h4,6H,1-3,5H2. The lowest BCUT2D eigenvalue weighted by Gasteiger charge is -2.07. The second-order valence-electron chi connectivity index (χ2n) is 2.46. The Morgan fingerprint density at radius 1 is 1.50 bits per heavy atom. The maximum atomic E-state index is 10.7. The first-order chi connectivity index (χ1) is 4.84. The van der Waals surface area contributed by atoms with Crippen molar-refractivity contribution in [1.29, 1.82) is 0 Å². The number of carbonyl (C=O) groups excluding carboxylic acids is 2. The number of Topliss-reactive ketones (excluding diaryl/α,β-unsaturated/α-hetero) is 1. The molecule has 0 fully saturated rings. The van der Waals surface area contributed by atoms with Crippen molar-refractivity contribution in [3.05, 3.63) is 11.6 Å². The zero-order valence-electron chi connectivity index (χ0n) is 5.80. The Labute approximate surface area is 59.9 Å². The van der Waals surface area contributed by atoms with Crippen LogP contribution in [-0.2, 0) is 9.59 Å². The summed E-state index contributed by atoms with van der Waals surface area (Å²) in [6, 6.07) is 0. The van der Waals surface area contributed by atoms with Gasteiger partial charge in [0.25, 0.3) is 0 Å². The van der Waals surface area contributed by atoms with E-state index in [4.69, 9.17) is 0 Å². The topological polar surface area (TPSA) is 34.1 Å². The zero-order chi connectivity index (χ0) is 7.40. The quantitative estimate of drug-likeness (QED) is 0.425. The summed E-state index contributed by atoms with van der Waals surface area (Å²) >= 11 is 0. The van der Waals surface area contributed by atoms with Gasteiger partial charge < -0.3 is 0 Å². The molecule has 0 aromatic rings. The van der Waals surface area contributed by atoms with Crippen molar-refractivity contribution < 1.29 is 9.59 Å². The molecule has 1 aliphatic carbocycles. The van der Waals surface area contributed by atoms with Crippen LogP contribution in [0, 0.1) is 0 Å². The smallest absolute Gasteiger partial charge is 0.221 e. The largest absolute Gasteiger partial charge is 0.294 e. The molecule has 0 atom stereocenters. The molecule has 10 heavy (non-hydrogen) atoms. The van der Waals surface area contributed by atoms with Crippen molar-refractivity contribution in [2.24, 2.45) is 0 Å². The van der Waals surface area contributed by atoms with Crippen LogP contribution in [0.3, 0.4) is 0 Å². The van der Waals surface area contributed by atoms with Crippen molar-refractivity contribution in [3.63, 3.8) is 0 Å². The van der Waals surface area contributed by atoms with Crippen LogP contribution in [-0.4, -0.2) is 12.1 Å². The van der Waals surface area contributed by atoms with E-state index in [9.17, 15) is 9.59 Å². The first kappa shape index (κ1) is 7.19. The van der Waals surface area contributed by atoms with Crippen LogP contribution in [0.4, 0.5) is 0 Å². The van der Waals surface area contributed by atoms with Crippen LogP contribution >= 0.6 is 0 Å². The summed E-state index contributed by atoms with van der Waals surface area (Å²) in [4.78, 5) is 20.7. The minimum absolute atomic E-state index is 0.334. The molecule has 0 aromatic carbocycles. The van der Waals surface area contributed by atoms with Crippen molar-refractivity contribution in [2.45, 2.75) is 25.7 Å². The van der Waals surface area contributed by atoms with Gasteiger partial charge >= 0.3 is 0 Å². The SMILES string of the molecule is O=CC(=O)C1=CCCCC1. The second-order valence-corrected chi connectivity index (χ2v) is 2.46. The summed E-state index contributed by atoms with van der Waals surface area (Å²) in [5, 5.41) is 0. The molecule has 2 nitrogen and oxygen atoms in total. The summed E-state index contributed by atoms with van der Waals surface area (Å²) in [5.74, 6) is -0.334. The molecule has 0 aliphatic heterocycles. The van der Waals surface area contributed by atoms with Gasteiger partial charge in [0.05, 0.1) is 0 Å². The molecule has 0 unspecified atom stereocenters. The summed E-state index contributed by atoms with van der Waals surface area (Å²) in [5.41, 5.74) is 0.709. The summed E-state index contributed by atoms with van der Waals surface area (Å²) in [6.07, 6.45) is 6.21. The fourth-order valence-electron chi connectivity index (χ4n) is 1.14. The van der Waals surface area contributed by atoms with Crippen LogP contribution in [0.2, 0.25) is 0 Å². The minimum Gasteiger partial charge on any atom is -0.294 e. The van der Waals surface area contributed by atoms with Gasteiger partial charge in [-0.15, -0.1) is 0 Å². The summed E-state index contributed by atoms with van der Waals surface area (Å²) in [7, 11) is 0. The Hall–Kier alpha value is -0.920. The van der Waals surface area contributed by atoms with Crippen molar-refractivity contribution >= 4 is 12.1 Å². The lowest BCUT2D eigenvalue weighted by atomic mass is 9.97. The van der Waals surface area contributed by atoms with E-state index < -0.39 is 0 Å². The lowest BCUT2D eigenvalue weighted by Crippen LogP contribution is -2.06. The van der Waals surface area contributed by atoms with Gasteiger partial charge in [-0.2, -0.15) is 0 Å². The summed E-state index contributed by atoms with van der Waals surface area (Å²) < 4.78 is 0. The minimum atomic E-state index is -0.334. The second kappa shape index (κ2) is 3.30. The van der Waals surface area contributed by atoms with E-state index in [1.807, 2.05) is 6.08 Å². The molecule has 0 saturated heterocycles. The first-order valence-electron chi connectivity index (χ1n) is 3.53. The third-order valence-electron chi connectivity index (χ3n) is 1.71. The Morgan fingerprint density at radius 2 is 2.30 bits per heavy atom. The average molecular weight is 138 g/mol. The van der Waals surface area contributed by atoms with E-state index in [0.717, 1.165) is 25.7 Å². The third kappa shape index (κ3) is 1.53.